The molecule has 0 amide bonds. The molecule has 6 heteroatoms. The fourth-order valence-electron chi connectivity index (χ4n) is 3.93. The number of anilines is 1. The highest BCUT2D eigenvalue weighted by Crippen LogP contribution is 2.23. The van der Waals surface area contributed by atoms with Crippen LogP contribution in [0.3, 0.4) is 0 Å². The lowest BCUT2D eigenvalue weighted by Gasteiger charge is -2.28. The Bertz CT molecular complexity index is 1200. The van der Waals surface area contributed by atoms with Crippen LogP contribution in [0.2, 0.25) is 0 Å². The maximum atomic E-state index is 13.0. The largest absolute Gasteiger partial charge is 0.371 e. The van der Waals surface area contributed by atoms with Gasteiger partial charge in [0.1, 0.15) is 6.33 Å². The first-order valence-electron chi connectivity index (χ1n) is 9.39. The number of aromatic nitrogens is 4. The molecule has 0 spiro atoms. The van der Waals surface area contributed by atoms with E-state index in [1.54, 1.807) is 15.6 Å². The smallest absolute Gasteiger partial charge is 0.265 e. The van der Waals surface area contributed by atoms with Gasteiger partial charge in [-0.2, -0.15) is 5.10 Å². The zero-order valence-electron chi connectivity index (χ0n) is 15.3. The molecule has 0 aliphatic carbocycles. The fraction of sp³-hybridized carbons (Fsp3) is 0.286. The van der Waals surface area contributed by atoms with Gasteiger partial charge in [0.25, 0.3) is 5.56 Å². The van der Waals surface area contributed by atoms with E-state index in [2.05, 4.69) is 15.0 Å². The minimum absolute atomic E-state index is 0.0477. The van der Waals surface area contributed by atoms with Crippen LogP contribution in [0.5, 0.6) is 0 Å². The third-order valence-electron chi connectivity index (χ3n) is 5.34. The molecule has 1 saturated heterocycles. The van der Waals surface area contributed by atoms with E-state index < -0.39 is 0 Å². The van der Waals surface area contributed by atoms with Crippen molar-refractivity contribution in [1.29, 1.82) is 0 Å². The molecule has 3 heterocycles. The third kappa shape index (κ3) is 2.77. The van der Waals surface area contributed by atoms with Gasteiger partial charge in [0.05, 0.1) is 22.1 Å². The average Bonchev–Trinajstić information content (AvgIpc) is 3.08. The number of hydrogen-bond acceptors (Lipinski definition) is 4. The molecule has 1 fully saturated rings. The molecule has 0 N–H and O–H groups in total. The minimum atomic E-state index is -0.0477. The summed E-state index contributed by atoms with van der Waals surface area (Å²) >= 11 is 0. The Kier molecular flexibility index (Phi) is 3.70. The predicted octanol–water partition coefficient (Wildman–Crippen LogP) is 3.26. The summed E-state index contributed by atoms with van der Waals surface area (Å²) in [5.74, 6) is 0. The van der Waals surface area contributed by atoms with Crippen molar-refractivity contribution in [2.24, 2.45) is 7.05 Å². The molecule has 27 heavy (non-hydrogen) atoms. The van der Waals surface area contributed by atoms with Crippen molar-refractivity contribution in [3.05, 3.63) is 59.3 Å². The first-order valence-corrected chi connectivity index (χ1v) is 9.39. The first kappa shape index (κ1) is 16.1. The molecule has 0 radical (unpaired) electrons. The van der Waals surface area contributed by atoms with E-state index >= 15 is 0 Å². The third-order valence-corrected chi connectivity index (χ3v) is 5.34. The quantitative estimate of drug-likeness (QED) is 0.551. The lowest BCUT2D eigenvalue weighted by Crippen LogP contribution is -2.29. The van der Waals surface area contributed by atoms with Gasteiger partial charge in [-0.3, -0.25) is 14.0 Å². The Labute approximate surface area is 156 Å². The van der Waals surface area contributed by atoms with E-state index in [4.69, 9.17) is 0 Å². The molecular formula is C21H21N5O. The van der Waals surface area contributed by atoms with Crippen LogP contribution in [-0.4, -0.2) is 32.4 Å². The van der Waals surface area contributed by atoms with E-state index in [0.29, 0.717) is 5.39 Å². The molecule has 5 rings (SSSR count). The van der Waals surface area contributed by atoms with E-state index in [9.17, 15) is 4.79 Å². The monoisotopic (exact) mass is 359 g/mol. The normalized spacial score (nSPS) is 14.9. The van der Waals surface area contributed by atoms with Crippen molar-refractivity contribution in [2.75, 3.05) is 18.0 Å². The maximum Gasteiger partial charge on any atom is 0.265 e. The van der Waals surface area contributed by atoms with Crippen LogP contribution in [0, 0.1) is 0 Å². The van der Waals surface area contributed by atoms with Gasteiger partial charge < -0.3 is 4.90 Å². The van der Waals surface area contributed by atoms with Gasteiger partial charge in [-0.15, -0.1) is 0 Å². The standard InChI is InChI=1S/C21H21N5O/c1-24-13-15-11-17(6-8-19(15)23-24)26-14-22-20-12-16(5-7-18(20)21(26)27)25-9-3-2-4-10-25/h5-8,11-14H,2-4,9-10H2,1H3. The summed E-state index contributed by atoms with van der Waals surface area (Å²) in [6.45, 7) is 2.15. The van der Waals surface area contributed by atoms with Crippen molar-refractivity contribution >= 4 is 27.5 Å². The van der Waals surface area contributed by atoms with Crippen LogP contribution in [0.15, 0.2) is 53.7 Å². The molecule has 0 saturated carbocycles. The van der Waals surface area contributed by atoms with Crippen molar-refractivity contribution in [3.63, 3.8) is 0 Å². The molecule has 136 valence electrons. The summed E-state index contributed by atoms with van der Waals surface area (Å²) in [5, 5.41) is 6.03. The Hall–Kier alpha value is -3.15. The number of rotatable bonds is 2. The van der Waals surface area contributed by atoms with Crippen LogP contribution in [0.25, 0.3) is 27.5 Å². The van der Waals surface area contributed by atoms with Gasteiger partial charge in [-0.05, 0) is 55.7 Å². The van der Waals surface area contributed by atoms with Crippen LogP contribution in [0.1, 0.15) is 19.3 Å². The average molecular weight is 359 g/mol. The number of nitrogens with zero attached hydrogens (tertiary/aromatic N) is 5. The predicted molar refractivity (Wildman–Crippen MR) is 108 cm³/mol. The number of piperidine rings is 1. The molecule has 2 aromatic carbocycles. The highest BCUT2D eigenvalue weighted by atomic mass is 16.1. The minimum Gasteiger partial charge on any atom is -0.371 e. The molecule has 0 bridgehead atoms. The summed E-state index contributed by atoms with van der Waals surface area (Å²) in [5.41, 5.74) is 3.57. The van der Waals surface area contributed by atoms with Gasteiger partial charge in [0.2, 0.25) is 0 Å². The highest BCUT2D eigenvalue weighted by Gasteiger charge is 2.13. The van der Waals surface area contributed by atoms with Crippen molar-refractivity contribution < 1.29 is 0 Å². The van der Waals surface area contributed by atoms with Gasteiger partial charge >= 0.3 is 0 Å². The van der Waals surface area contributed by atoms with Crippen LogP contribution in [-0.2, 0) is 7.05 Å². The lowest BCUT2D eigenvalue weighted by molar-refractivity contribution is 0.578. The summed E-state index contributed by atoms with van der Waals surface area (Å²) < 4.78 is 3.38. The maximum absolute atomic E-state index is 13.0. The van der Waals surface area contributed by atoms with Gasteiger partial charge in [-0.1, -0.05) is 0 Å². The molecule has 6 nitrogen and oxygen atoms in total. The molecule has 0 unspecified atom stereocenters. The molecule has 0 atom stereocenters. The van der Waals surface area contributed by atoms with E-state index in [1.165, 1.54) is 19.3 Å². The van der Waals surface area contributed by atoms with Crippen molar-refractivity contribution in [1.82, 2.24) is 19.3 Å². The van der Waals surface area contributed by atoms with E-state index in [-0.39, 0.29) is 5.56 Å². The summed E-state index contributed by atoms with van der Waals surface area (Å²) in [7, 11) is 1.89. The molecule has 1 aliphatic heterocycles. The number of benzene rings is 2. The molecule has 1 aliphatic rings. The Morgan fingerprint density at radius 2 is 1.74 bits per heavy atom. The number of hydrogen-bond donors (Lipinski definition) is 0. The second kappa shape index (κ2) is 6.23. The lowest BCUT2D eigenvalue weighted by atomic mass is 10.1. The van der Waals surface area contributed by atoms with Crippen LogP contribution < -0.4 is 10.5 Å². The topological polar surface area (TPSA) is 56.0 Å². The van der Waals surface area contributed by atoms with E-state index in [0.717, 1.165) is 40.9 Å². The molecular weight excluding hydrogens is 338 g/mol. The zero-order valence-corrected chi connectivity index (χ0v) is 15.3. The second-order valence-electron chi connectivity index (χ2n) is 7.21. The summed E-state index contributed by atoms with van der Waals surface area (Å²) in [6.07, 6.45) is 7.33. The SMILES string of the molecule is Cn1cc2cc(-n3cnc4cc(N5CCCCC5)ccc4c3=O)ccc2n1. The van der Waals surface area contributed by atoms with E-state index in [1.807, 2.05) is 49.6 Å². The fourth-order valence-corrected chi connectivity index (χ4v) is 3.93. The Morgan fingerprint density at radius 3 is 2.59 bits per heavy atom. The van der Waals surface area contributed by atoms with Crippen LogP contribution in [0.4, 0.5) is 5.69 Å². The zero-order chi connectivity index (χ0) is 18.4. The Balaban J connectivity index is 1.58. The highest BCUT2D eigenvalue weighted by molar-refractivity contribution is 5.83. The number of fused-ring (bicyclic) bond motifs is 2. The van der Waals surface area contributed by atoms with Gasteiger partial charge in [-0.25, -0.2) is 4.98 Å². The molecule has 4 aromatic rings. The summed E-state index contributed by atoms with van der Waals surface area (Å²) in [4.78, 5) is 20.0. The second-order valence-corrected chi connectivity index (χ2v) is 7.21. The number of aryl methyl sites for hydroxylation is 1. The molecule has 2 aromatic heterocycles. The van der Waals surface area contributed by atoms with Crippen molar-refractivity contribution in [3.8, 4) is 5.69 Å². The summed E-state index contributed by atoms with van der Waals surface area (Å²) in [6, 6.07) is 11.8. The Morgan fingerprint density at radius 1 is 0.926 bits per heavy atom. The van der Waals surface area contributed by atoms with Crippen molar-refractivity contribution in [2.45, 2.75) is 19.3 Å². The van der Waals surface area contributed by atoms with Gasteiger partial charge in [0.15, 0.2) is 0 Å². The van der Waals surface area contributed by atoms with Gasteiger partial charge in [0, 0.05) is 37.4 Å². The first-order chi connectivity index (χ1) is 13.2. The van der Waals surface area contributed by atoms with Crippen LogP contribution >= 0.6 is 0 Å².